The fourth-order valence-corrected chi connectivity index (χ4v) is 1.55. The van der Waals surface area contributed by atoms with Crippen molar-refractivity contribution in [3.63, 3.8) is 0 Å². The standard InChI is InChI=1S/C12H9N2.Al/c1-10-6-5-9-12(13-10)14-11-7-3-2-4-8-11;/h1-7,9H,(H,13,14);. The van der Waals surface area contributed by atoms with Crippen molar-refractivity contribution in [3.05, 3.63) is 55.1 Å². The van der Waals surface area contributed by atoms with Gasteiger partial charge in [-0.1, -0.05) is 24.3 Å². The third-order valence-corrected chi connectivity index (χ3v) is 2.50. The molecule has 3 heteroatoms. The summed E-state index contributed by atoms with van der Waals surface area (Å²) in [5.74, 6) is 0.755. The molecule has 1 aromatic heterocycles. The normalized spacial score (nSPS) is 9.93. The number of nitrogens with zero attached hydrogens (tertiary/aromatic N) is 1. The third kappa shape index (κ3) is 2.59. The van der Waals surface area contributed by atoms with Crippen LogP contribution in [0.2, 0.25) is 0 Å². The first-order chi connectivity index (χ1) is 7.25. The number of anilines is 2. The Labute approximate surface area is 97.8 Å². The van der Waals surface area contributed by atoms with Crippen LogP contribution in [-0.2, 0) is 0 Å². The summed E-state index contributed by atoms with van der Waals surface area (Å²) in [6.07, 6.45) is 0. The number of pyridine rings is 1. The molecule has 4 radical (unpaired) electrons. The van der Waals surface area contributed by atoms with Crippen LogP contribution < -0.4 is 9.74 Å². The van der Waals surface area contributed by atoms with Gasteiger partial charge in [0.1, 0.15) is 5.82 Å². The number of hydrogen-bond donors (Lipinski definition) is 1. The molecule has 0 saturated heterocycles. The van der Waals surface area contributed by atoms with Crippen LogP contribution >= 0.6 is 0 Å². The van der Waals surface area contributed by atoms with E-state index in [4.69, 9.17) is 6.92 Å². The molecule has 70 valence electrons. The average Bonchev–Trinajstić information content (AvgIpc) is 2.22. The Morgan fingerprint density at radius 1 is 1.07 bits per heavy atom. The number of para-hydroxylation sites is 1. The van der Waals surface area contributed by atoms with Gasteiger partial charge in [-0.2, -0.15) is 0 Å². The van der Waals surface area contributed by atoms with Gasteiger partial charge in [-0.25, -0.2) is 4.98 Å². The minimum Gasteiger partial charge on any atom is -0.341 e. The fraction of sp³-hybridized carbons (Fsp3) is 0. The molecule has 2 rings (SSSR count). The van der Waals surface area contributed by atoms with Gasteiger partial charge in [0.05, 0.1) is 0 Å². The third-order valence-electron chi connectivity index (χ3n) is 1.99. The van der Waals surface area contributed by atoms with E-state index in [1.807, 2.05) is 36.4 Å². The molecule has 0 bridgehead atoms. The van der Waals surface area contributed by atoms with E-state index < -0.39 is 0 Å². The maximum absolute atomic E-state index is 5.59. The van der Waals surface area contributed by atoms with E-state index in [-0.39, 0.29) is 0 Å². The van der Waals surface area contributed by atoms with E-state index in [2.05, 4.69) is 26.6 Å². The first-order valence-electron chi connectivity index (χ1n) is 4.60. The van der Waals surface area contributed by atoms with Crippen LogP contribution in [0.15, 0.2) is 42.5 Å². The Kier molecular flexibility index (Phi) is 3.06. The second-order valence-electron chi connectivity index (χ2n) is 3.16. The van der Waals surface area contributed by atoms with Gasteiger partial charge in [0, 0.05) is 18.3 Å². The van der Waals surface area contributed by atoms with E-state index in [0.29, 0.717) is 5.69 Å². The van der Waals surface area contributed by atoms with Crippen LogP contribution in [0.3, 0.4) is 0 Å². The zero-order valence-corrected chi connectivity index (χ0v) is 9.30. The van der Waals surface area contributed by atoms with E-state index in [1.165, 1.54) is 0 Å². The predicted octanol–water partition coefficient (Wildman–Crippen LogP) is 1.68. The van der Waals surface area contributed by atoms with Gasteiger partial charge in [-0.3, -0.25) is 0 Å². The highest BCUT2D eigenvalue weighted by atomic mass is 27.0. The van der Waals surface area contributed by atoms with Gasteiger partial charge >= 0.3 is 0 Å². The number of aromatic nitrogens is 1. The van der Waals surface area contributed by atoms with Crippen molar-refractivity contribution in [2.75, 3.05) is 5.32 Å². The maximum atomic E-state index is 5.59. The molecule has 2 aromatic rings. The Morgan fingerprint density at radius 3 is 2.60 bits per heavy atom. The van der Waals surface area contributed by atoms with Gasteiger partial charge in [-0.05, 0) is 18.2 Å². The van der Waals surface area contributed by atoms with E-state index in [1.54, 1.807) is 6.07 Å². The summed E-state index contributed by atoms with van der Waals surface area (Å²) in [4.78, 5) is 4.17. The molecule has 0 spiro atoms. The highest BCUT2D eigenvalue weighted by molar-refractivity contribution is 6.35. The molecule has 0 fully saturated rings. The van der Waals surface area contributed by atoms with Gasteiger partial charge in [0.15, 0.2) is 16.3 Å². The summed E-state index contributed by atoms with van der Waals surface area (Å²) in [5.41, 5.74) is 1.53. The average molecular weight is 208 g/mol. The summed E-state index contributed by atoms with van der Waals surface area (Å²) < 4.78 is 1.10. The molecule has 0 aliphatic rings. The summed E-state index contributed by atoms with van der Waals surface area (Å²) >= 11 is 2.67. The second-order valence-corrected chi connectivity index (χ2v) is 3.78. The summed E-state index contributed by atoms with van der Waals surface area (Å²) in [6.45, 7) is 5.59. The zero-order valence-electron chi connectivity index (χ0n) is 8.14. The summed E-state index contributed by atoms with van der Waals surface area (Å²) in [5, 5.41) is 3.20. The Hall–Kier alpha value is -1.30. The number of hydrogen-bond acceptors (Lipinski definition) is 2. The molecule has 0 amide bonds. The van der Waals surface area contributed by atoms with Crippen LogP contribution in [0.5, 0.6) is 0 Å². The smallest absolute Gasteiger partial charge is 0.179 e. The van der Waals surface area contributed by atoms with E-state index >= 15 is 0 Å². The molecule has 15 heavy (non-hydrogen) atoms. The number of rotatable bonds is 2. The molecule has 1 N–H and O–H groups in total. The molecule has 0 unspecified atom stereocenters. The Morgan fingerprint density at radius 2 is 1.87 bits per heavy atom. The number of benzene rings is 1. The molecule has 1 heterocycles. The topological polar surface area (TPSA) is 24.9 Å². The van der Waals surface area contributed by atoms with Gasteiger partial charge < -0.3 is 5.32 Å². The van der Waals surface area contributed by atoms with Crippen molar-refractivity contribution in [1.82, 2.24) is 4.98 Å². The van der Waals surface area contributed by atoms with Gasteiger partial charge in [0.2, 0.25) is 0 Å². The van der Waals surface area contributed by atoms with Crippen molar-refractivity contribution in [3.8, 4) is 0 Å². The predicted molar refractivity (Wildman–Crippen MR) is 62.8 cm³/mol. The monoisotopic (exact) mass is 208 g/mol. The first-order valence-corrected chi connectivity index (χ1v) is 5.17. The molecule has 0 aliphatic carbocycles. The molecular weight excluding hydrogens is 199 g/mol. The molecular formula is C12H9AlN2. The largest absolute Gasteiger partial charge is 0.341 e. The van der Waals surface area contributed by atoms with Crippen LogP contribution in [-0.4, -0.2) is 21.3 Å². The molecule has 2 nitrogen and oxygen atoms in total. The quantitative estimate of drug-likeness (QED) is 0.759. The fourth-order valence-electron chi connectivity index (χ4n) is 1.27. The van der Waals surface area contributed by atoms with Crippen molar-refractivity contribution in [2.45, 2.75) is 0 Å². The maximum Gasteiger partial charge on any atom is 0.179 e. The SMILES string of the molecule is [CH]c1cccc(Nc2cccc[c]2[Al])n1. The summed E-state index contributed by atoms with van der Waals surface area (Å²) in [7, 11) is 0. The van der Waals surface area contributed by atoms with Crippen LogP contribution in [0, 0.1) is 6.92 Å². The van der Waals surface area contributed by atoms with Gasteiger partial charge in [0.25, 0.3) is 0 Å². The summed E-state index contributed by atoms with van der Waals surface area (Å²) in [6, 6.07) is 13.5. The Balaban J connectivity index is 2.26. The van der Waals surface area contributed by atoms with Crippen LogP contribution in [0.4, 0.5) is 11.5 Å². The number of nitrogens with one attached hydrogen (secondary N) is 1. The van der Waals surface area contributed by atoms with Crippen LogP contribution in [0.25, 0.3) is 0 Å². The zero-order chi connectivity index (χ0) is 10.7. The lowest BCUT2D eigenvalue weighted by atomic mass is 10.3. The van der Waals surface area contributed by atoms with E-state index in [0.717, 1.165) is 15.9 Å². The molecule has 0 aliphatic heterocycles. The minimum atomic E-state index is 0.515. The van der Waals surface area contributed by atoms with E-state index in [9.17, 15) is 0 Å². The highest BCUT2D eigenvalue weighted by Crippen LogP contribution is 2.11. The molecule has 1 aromatic carbocycles. The van der Waals surface area contributed by atoms with Crippen LogP contribution in [0.1, 0.15) is 5.69 Å². The Bertz CT molecular complexity index is 469. The lowest BCUT2D eigenvalue weighted by Crippen LogP contribution is -2.09. The van der Waals surface area contributed by atoms with Crippen molar-refractivity contribution in [2.24, 2.45) is 0 Å². The van der Waals surface area contributed by atoms with Gasteiger partial charge in [-0.15, -0.1) is 4.43 Å². The lowest BCUT2D eigenvalue weighted by Gasteiger charge is -2.09. The highest BCUT2D eigenvalue weighted by Gasteiger charge is 1.97. The van der Waals surface area contributed by atoms with Crippen molar-refractivity contribution >= 4 is 32.2 Å². The lowest BCUT2D eigenvalue weighted by molar-refractivity contribution is 1.26. The molecule has 0 atom stereocenters. The second kappa shape index (κ2) is 4.48. The first kappa shape index (κ1) is 10.2. The van der Waals surface area contributed by atoms with Crippen molar-refractivity contribution < 1.29 is 0 Å². The van der Waals surface area contributed by atoms with Crippen molar-refractivity contribution in [1.29, 1.82) is 0 Å². The molecule has 0 saturated carbocycles. The minimum absolute atomic E-state index is 0.515.